The van der Waals surface area contributed by atoms with Crippen LogP contribution in [0.25, 0.3) is 0 Å². The fourth-order valence-electron chi connectivity index (χ4n) is 3.35. The molecule has 116 valence electrons. The zero-order valence-electron chi connectivity index (χ0n) is 12.5. The van der Waals surface area contributed by atoms with Gasteiger partial charge in [-0.15, -0.1) is 0 Å². The maximum atomic E-state index is 12.5. The number of amides is 3. The van der Waals surface area contributed by atoms with Crippen molar-refractivity contribution in [1.82, 2.24) is 4.90 Å². The Morgan fingerprint density at radius 3 is 2.50 bits per heavy atom. The molecule has 7 heteroatoms. The van der Waals surface area contributed by atoms with Crippen LogP contribution in [0.2, 0.25) is 0 Å². The summed E-state index contributed by atoms with van der Waals surface area (Å²) in [5.74, 6) is -0.810. The summed E-state index contributed by atoms with van der Waals surface area (Å²) >= 11 is 0. The van der Waals surface area contributed by atoms with Gasteiger partial charge in [-0.1, -0.05) is 12.1 Å². The predicted molar refractivity (Wildman–Crippen MR) is 81.1 cm³/mol. The minimum atomic E-state index is -0.557. The number of carbonyl (C=O) groups is 3. The van der Waals surface area contributed by atoms with E-state index in [0.29, 0.717) is 0 Å². The van der Waals surface area contributed by atoms with Gasteiger partial charge in [-0.2, -0.15) is 0 Å². The van der Waals surface area contributed by atoms with Gasteiger partial charge < -0.3 is 15.5 Å². The highest BCUT2D eigenvalue weighted by atomic mass is 16.2. The first-order valence-corrected chi connectivity index (χ1v) is 7.16. The lowest BCUT2D eigenvalue weighted by molar-refractivity contribution is -0.138. The average molecular weight is 302 g/mol. The minimum absolute atomic E-state index is 0.0967. The Labute approximate surface area is 128 Å². The van der Waals surface area contributed by atoms with Gasteiger partial charge in [-0.3, -0.25) is 19.3 Å². The number of carbonyl (C=O) groups excluding carboxylic acids is 3. The van der Waals surface area contributed by atoms with Crippen LogP contribution in [0.3, 0.4) is 0 Å². The topological polar surface area (TPSA) is 86.9 Å². The molecule has 2 heterocycles. The highest BCUT2D eigenvalue weighted by Gasteiger charge is 2.47. The third-order valence-corrected chi connectivity index (χ3v) is 4.19. The van der Waals surface area contributed by atoms with Gasteiger partial charge in [0.1, 0.15) is 12.2 Å². The van der Waals surface area contributed by atoms with Gasteiger partial charge in [0.25, 0.3) is 0 Å². The number of primary amides is 1. The van der Waals surface area contributed by atoms with Gasteiger partial charge in [0, 0.05) is 6.92 Å². The lowest BCUT2D eigenvalue weighted by Gasteiger charge is -2.44. The van der Waals surface area contributed by atoms with Crippen LogP contribution in [0.1, 0.15) is 13.8 Å². The molecule has 3 rings (SSSR count). The second-order valence-electron chi connectivity index (χ2n) is 5.63. The third kappa shape index (κ3) is 2.01. The number of rotatable bonds is 2. The molecule has 0 saturated carbocycles. The SMILES string of the molecule is CC(=O)N1c2ccccc2N2[C@@H]1CN(CC(N)=O)C(=O)[C@@H]2C. The van der Waals surface area contributed by atoms with Crippen LogP contribution in [0.15, 0.2) is 24.3 Å². The minimum Gasteiger partial charge on any atom is -0.368 e. The zero-order chi connectivity index (χ0) is 16.0. The van der Waals surface area contributed by atoms with Crippen molar-refractivity contribution in [2.45, 2.75) is 26.1 Å². The third-order valence-electron chi connectivity index (χ3n) is 4.19. The maximum Gasteiger partial charge on any atom is 0.245 e. The largest absolute Gasteiger partial charge is 0.368 e. The van der Waals surface area contributed by atoms with E-state index in [0.717, 1.165) is 11.4 Å². The van der Waals surface area contributed by atoms with E-state index in [1.165, 1.54) is 11.8 Å². The summed E-state index contributed by atoms with van der Waals surface area (Å²) in [4.78, 5) is 40.8. The summed E-state index contributed by atoms with van der Waals surface area (Å²) in [5, 5.41) is 0. The highest BCUT2D eigenvalue weighted by Crippen LogP contribution is 2.42. The monoisotopic (exact) mass is 302 g/mol. The lowest BCUT2D eigenvalue weighted by Crippen LogP contribution is -2.65. The van der Waals surface area contributed by atoms with Crippen LogP contribution >= 0.6 is 0 Å². The van der Waals surface area contributed by atoms with Crippen molar-refractivity contribution in [3.05, 3.63) is 24.3 Å². The van der Waals surface area contributed by atoms with E-state index in [-0.39, 0.29) is 31.1 Å². The molecule has 1 aromatic rings. The number of nitrogens with zero attached hydrogens (tertiary/aromatic N) is 3. The van der Waals surface area contributed by atoms with Gasteiger partial charge in [-0.05, 0) is 19.1 Å². The van der Waals surface area contributed by atoms with Crippen molar-refractivity contribution in [2.24, 2.45) is 5.73 Å². The fraction of sp³-hybridized carbons (Fsp3) is 0.400. The Morgan fingerprint density at radius 1 is 1.27 bits per heavy atom. The van der Waals surface area contributed by atoms with Crippen molar-refractivity contribution in [1.29, 1.82) is 0 Å². The van der Waals surface area contributed by atoms with E-state index in [1.807, 2.05) is 29.2 Å². The lowest BCUT2D eigenvalue weighted by atomic mass is 10.1. The van der Waals surface area contributed by atoms with E-state index in [2.05, 4.69) is 0 Å². The first-order valence-electron chi connectivity index (χ1n) is 7.16. The van der Waals surface area contributed by atoms with Crippen molar-refractivity contribution in [2.75, 3.05) is 22.9 Å². The van der Waals surface area contributed by atoms with Crippen LogP contribution in [0.4, 0.5) is 11.4 Å². The van der Waals surface area contributed by atoms with Gasteiger partial charge in [0.2, 0.25) is 17.7 Å². The quantitative estimate of drug-likeness (QED) is 0.826. The number of benzene rings is 1. The molecular weight excluding hydrogens is 284 g/mol. The van der Waals surface area contributed by atoms with Crippen LogP contribution in [0, 0.1) is 0 Å². The smallest absolute Gasteiger partial charge is 0.245 e. The summed E-state index contributed by atoms with van der Waals surface area (Å²) in [7, 11) is 0. The number of hydrogen-bond acceptors (Lipinski definition) is 4. The first kappa shape index (κ1) is 14.4. The summed E-state index contributed by atoms with van der Waals surface area (Å²) in [6.07, 6.45) is -0.304. The van der Waals surface area contributed by atoms with Gasteiger partial charge >= 0.3 is 0 Å². The predicted octanol–water partition coefficient (Wildman–Crippen LogP) is -0.0984. The van der Waals surface area contributed by atoms with E-state index < -0.39 is 11.9 Å². The van der Waals surface area contributed by atoms with Crippen molar-refractivity contribution < 1.29 is 14.4 Å². The van der Waals surface area contributed by atoms with E-state index in [1.54, 1.807) is 11.8 Å². The summed E-state index contributed by atoms with van der Waals surface area (Å²) in [6.45, 7) is 3.42. The second kappa shape index (κ2) is 5.01. The molecule has 2 aliphatic rings. The molecule has 1 saturated heterocycles. The summed E-state index contributed by atoms with van der Waals surface area (Å²) < 4.78 is 0. The van der Waals surface area contributed by atoms with Gasteiger partial charge in [0.15, 0.2) is 0 Å². The Balaban J connectivity index is 2.03. The van der Waals surface area contributed by atoms with Crippen LogP contribution in [-0.4, -0.2) is 47.9 Å². The Morgan fingerprint density at radius 2 is 1.91 bits per heavy atom. The van der Waals surface area contributed by atoms with E-state index in [9.17, 15) is 14.4 Å². The molecule has 0 radical (unpaired) electrons. The van der Waals surface area contributed by atoms with Gasteiger partial charge in [0.05, 0.1) is 24.5 Å². The Kier molecular flexibility index (Phi) is 3.27. The molecule has 0 unspecified atom stereocenters. The zero-order valence-corrected chi connectivity index (χ0v) is 12.5. The normalized spacial score (nSPS) is 23.4. The molecule has 0 aromatic heterocycles. The summed E-state index contributed by atoms with van der Waals surface area (Å²) in [6, 6.07) is 7.06. The number of hydrogen-bond donors (Lipinski definition) is 1. The molecule has 3 amide bonds. The molecular formula is C15H18N4O3. The molecule has 22 heavy (non-hydrogen) atoms. The molecule has 1 fully saturated rings. The molecule has 0 aliphatic carbocycles. The first-order chi connectivity index (χ1) is 10.4. The highest BCUT2D eigenvalue weighted by molar-refractivity contribution is 6.02. The van der Waals surface area contributed by atoms with Crippen LogP contribution in [-0.2, 0) is 14.4 Å². The molecule has 7 nitrogen and oxygen atoms in total. The Bertz CT molecular complexity index is 660. The molecule has 2 aliphatic heterocycles. The van der Waals surface area contributed by atoms with E-state index >= 15 is 0 Å². The molecule has 2 N–H and O–H groups in total. The summed E-state index contributed by atoms with van der Waals surface area (Å²) in [5.41, 5.74) is 6.88. The molecule has 0 bridgehead atoms. The number of para-hydroxylation sites is 2. The van der Waals surface area contributed by atoms with Crippen molar-refractivity contribution in [3.8, 4) is 0 Å². The molecule has 0 spiro atoms. The number of anilines is 2. The fourth-order valence-corrected chi connectivity index (χ4v) is 3.35. The second-order valence-corrected chi connectivity index (χ2v) is 5.63. The van der Waals surface area contributed by atoms with Crippen LogP contribution < -0.4 is 15.5 Å². The molecule has 1 aromatic carbocycles. The van der Waals surface area contributed by atoms with E-state index in [4.69, 9.17) is 5.73 Å². The maximum absolute atomic E-state index is 12.5. The number of nitrogens with two attached hydrogens (primary N) is 1. The number of fused-ring (bicyclic) bond motifs is 3. The standard InChI is InChI=1S/C15H18N4O3/c1-9-15(22)17(7-13(16)21)8-14-18(9)11-5-3-4-6-12(11)19(14)10(2)20/h3-6,9,14H,7-8H2,1-2H3,(H2,16,21)/t9-,14-/m0/s1. The Hall–Kier alpha value is -2.57. The van der Waals surface area contributed by atoms with Crippen LogP contribution in [0.5, 0.6) is 0 Å². The average Bonchev–Trinajstić information content (AvgIpc) is 2.78. The molecule has 2 atom stereocenters. The van der Waals surface area contributed by atoms with Crippen molar-refractivity contribution >= 4 is 29.1 Å². The van der Waals surface area contributed by atoms with Gasteiger partial charge in [-0.25, -0.2) is 0 Å². The number of piperazine rings is 1. The van der Waals surface area contributed by atoms with Crippen molar-refractivity contribution in [3.63, 3.8) is 0 Å².